The number of carbonyl (C=O) groups excluding carboxylic acids is 1. The first kappa shape index (κ1) is 13.5. The van der Waals surface area contributed by atoms with Crippen molar-refractivity contribution in [3.63, 3.8) is 0 Å². The van der Waals surface area contributed by atoms with Crippen molar-refractivity contribution in [1.82, 2.24) is 10.2 Å². The summed E-state index contributed by atoms with van der Waals surface area (Å²) in [4.78, 5) is 13.8. The van der Waals surface area contributed by atoms with Gasteiger partial charge in [0.1, 0.15) is 0 Å². The number of carbonyl (C=O) groups is 1. The monoisotopic (exact) mass is 227 g/mol. The lowest BCUT2D eigenvalue weighted by atomic mass is 10.2. The molecule has 0 aromatic heterocycles. The largest absolute Gasteiger partial charge is 0.355 e. The van der Waals surface area contributed by atoms with Crippen molar-refractivity contribution in [2.75, 3.05) is 26.2 Å². The molecule has 1 aliphatic rings. The average Bonchev–Trinajstić information content (AvgIpc) is 3.09. The molecule has 0 radical (unpaired) electrons. The second-order valence-corrected chi connectivity index (χ2v) is 4.46. The molecule has 1 aliphatic carbocycles. The minimum atomic E-state index is 0.167. The molecule has 0 aromatic rings. The summed E-state index contributed by atoms with van der Waals surface area (Å²) in [7, 11) is 0. The zero-order chi connectivity index (χ0) is 11.8. The fraction of sp³-hybridized carbons (Fsp3) is 0.917. The highest BCUT2D eigenvalue weighted by molar-refractivity contribution is 5.75. The van der Waals surface area contributed by atoms with Crippen LogP contribution in [0, 0.1) is 0 Å². The van der Waals surface area contributed by atoms with Gasteiger partial charge in [-0.05, 0) is 38.8 Å². The second-order valence-electron chi connectivity index (χ2n) is 4.46. The fourth-order valence-corrected chi connectivity index (χ4v) is 1.90. The number of unbranched alkanes of at least 4 members (excludes halogenated alkanes) is 1. The number of nitrogens with two attached hydrogens (primary N) is 1. The van der Waals surface area contributed by atoms with Crippen molar-refractivity contribution in [3.05, 3.63) is 0 Å². The zero-order valence-corrected chi connectivity index (χ0v) is 10.4. The van der Waals surface area contributed by atoms with E-state index in [9.17, 15) is 4.79 Å². The van der Waals surface area contributed by atoms with E-state index >= 15 is 0 Å². The Morgan fingerprint density at radius 1 is 1.44 bits per heavy atom. The fourth-order valence-electron chi connectivity index (χ4n) is 1.90. The summed E-state index contributed by atoms with van der Waals surface area (Å²) in [6, 6.07) is 0.791. The van der Waals surface area contributed by atoms with Crippen molar-refractivity contribution in [2.45, 2.75) is 45.1 Å². The van der Waals surface area contributed by atoms with Crippen molar-refractivity contribution in [1.29, 1.82) is 0 Å². The molecule has 0 saturated heterocycles. The van der Waals surface area contributed by atoms with Crippen LogP contribution >= 0.6 is 0 Å². The number of amides is 1. The first-order chi connectivity index (χ1) is 7.77. The van der Waals surface area contributed by atoms with Crippen LogP contribution in [0.1, 0.15) is 39.0 Å². The Morgan fingerprint density at radius 2 is 2.19 bits per heavy atom. The van der Waals surface area contributed by atoms with Crippen molar-refractivity contribution < 1.29 is 4.79 Å². The Balaban J connectivity index is 1.98. The lowest BCUT2D eigenvalue weighted by Gasteiger charge is -2.19. The van der Waals surface area contributed by atoms with Gasteiger partial charge in [0.2, 0.25) is 5.91 Å². The highest BCUT2D eigenvalue weighted by atomic mass is 16.1. The molecule has 16 heavy (non-hydrogen) atoms. The highest BCUT2D eigenvalue weighted by Gasteiger charge is 2.27. The summed E-state index contributed by atoms with van der Waals surface area (Å²) < 4.78 is 0. The molecule has 1 saturated carbocycles. The molecule has 0 heterocycles. The standard InChI is InChI=1S/C12H25N3O/c1-2-15(11-6-7-11)10-9-14-12(16)5-3-4-8-13/h11H,2-10,13H2,1H3,(H,14,16). The first-order valence-corrected chi connectivity index (χ1v) is 6.48. The first-order valence-electron chi connectivity index (χ1n) is 6.48. The number of rotatable bonds is 9. The van der Waals surface area contributed by atoms with Gasteiger partial charge < -0.3 is 11.1 Å². The lowest BCUT2D eigenvalue weighted by Crippen LogP contribution is -2.36. The van der Waals surface area contributed by atoms with Crippen LogP contribution in [-0.2, 0) is 4.79 Å². The van der Waals surface area contributed by atoms with E-state index in [1.54, 1.807) is 0 Å². The van der Waals surface area contributed by atoms with Gasteiger partial charge in [0.05, 0.1) is 0 Å². The topological polar surface area (TPSA) is 58.4 Å². The zero-order valence-electron chi connectivity index (χ0n) is 10.4. The maximum atomic E-state index is 11.4. The predicted molar refractivity (Wildman–Crippen MR) is 66.2 cm³/mol. The smallest absolute Gasteiger partial charge is 0.220 e. The third-order valence-corrected chi connectivity index (χ3v) is 3.05. The molecule has 3 N–H and O–H groups in total. The molecular weight excluding hydrogens is 202 g/mol. The van der Waals surface area contributed by atoms with E-state index < -0.39 is 0 Å². The van der Waals surface area contributed by atoms with E-state index in [1.807, 2.05) is 0 Å². The van der Waals surface area contributed by atoms with Crippen LogP contribution in [0.15, 0.2) is 0 Å². The van der Waals surface area contributed by atoms with Gasteiger partial charge in [-0.1, -0.05) is 6.92 Å². The van der Waals surface area contributed by atoms with Crippen molar-refractivity contribution in [3.8, 4) is 0 Å². The highest BCUT2D eigenvalue weighted by Crippen LogP contribution is 2.25. The summed E-state index contributed by atoms with van der Waals surface area (Å²) in [6.45, 7) is 5.73. The normalized spacial score (nSPS) is 15.4. The van der Waals surface area contributed by atoms with Gasteiger partial charge in [-0.25, -0.2) is 0 Å². The molecule has 0 aliphatic heterocycles. The van der Waals surface area contributed by atoms with Crippen LogP contribution in [0.25, 0.3) is 0 Å². The van der Waals surface area contributed by atoms with Crippen LogP contribution in [0.2, 0.25) is 0 Å². The van der Waals surface area contributed by atoms with Gasteiger partial charge in [0.15, 0.2) is 0 Å². The van der Waals surface area contributed by atoms with E-state index in [1.165, 1.54) is 12.8 Å². The summed E-state index contributed by atoms with van der Waals surface area (Å²) in [5.41, 5.74) is 5.37. The molecule has 0 unspecified atom stereocenters. The third-order valence-electron chi connectivity index (χ3n) is 3.05. The van der Waals surface area contributed by atoms with E-state index in [2.05, 4.69) is 17.1 Å². The van der Waals surface area contributed by atoms with Gasteiger partial charge in [0, 0.05) is 25.6 Å². The minimum absolute atomic E-state index is 0.167. The maximum Gasteiger partial charge on any atom is 0.220 e. The van der Waals surface area contributed by atoms with E-state index in [-0.39, 0.29) is 5.91 Å². The van der Waals surface area contributed by atoms with Crippen LogP contribution in [-0.4, -0.2) is 43.0 Å². The van der Waals surface area contributed by atoms with Crippen LogP contribution in [0.3, 0.4) is 0 Å². The Morgan fingerprint density at radius 3 is 2.75 bits per heavy atom. The average molecular weight is 227 g/mol. The van der Waals surface area contributed by atoms with Crippen LogP contribution in [0.5, 0.6) is 0 Å². The number of hydrogen-bond donors (Lipinski definition) is 2. The second kappa shape index (κ2) is 7.63. The Bertz CT molecular complexity index is 204. The van der Waals surface area contributed by atoms with Gasteiger partial charge in [-0.3, -0.25) is 9.69 Å². The SMILES string of the molecule is CCN(CCNC(=O)CCCCN)C1CC1. The maximum absolute atomic E-state index is 11.4. The number of nitrogens with zero attached hydrogens (tertiary/aromatic N) is 1. The lowest BCUT2D eigenvalue weighted by molar-refractivity contribution is -0.121. The molecule has 1 rings (SSSR count). The molecule has 0 aromatic carbocycles. The molecule has 1 amide bonds. The summed E-state index contributed by atoms with van der Waals surface area (Å²) >= 11 is 0. The van der Waals surface area contributed by atoms with Crippen molar-refractivity contribution in [2.24, 2.45) is 5.73 Å². The van der Waals surface area contributed by atoms with E-state index in [0.717, 1.165) is 38.5 Å². The van der Waals surface area contributed by atoms with Gasteiger partial charge in [0.25, 0.3) is 0 Å². The molecule has 1 fully saturated rings. The van der Waals surface area contributed by atoms with Crippen molar-refractivity contribution >= 4 is 5.91 Å². The predicted octanol–water partition coefficient (Wildman–Crippen LogP) is 0.716. The Kier molecular flexibility index (Phi) is 6.42. The molecule has 4 nitrogen and oxygen atoms in total. The molecule has 0 spiro atoms. The third kappa shape index (κ3) is 5.47. The van der Waals surface area contributed by atoms with Gasteiger partial charge >= 0.3 is 0 Å². The van der Waals surface area contributed by atoms with Crippen LogP contribution < -0.4 is 11.1 Å². The summed E-state index contributed by atoms with van der Waals surface area (Å²) in [6.07, 6.45) is 5.13. The quantitative estimate of drug-likeness (QED) is 0.571. The van der Waals surface area contributed by atoms with Gasteiger partial charge in [-0.15, -0.1) is 0 Å². The molecular formula is C12H25N3O. The molecule has 94 valence electrons. The Labute approximate surface area is 98.6 Å². The van der Waals surface area contributed by atoms with E-state index in [0.29, 0.717) is 13.0 Å². The minimum Gasteiger partial charge on any atom is -0.355 e. The van der Waals surface area contributed by atoms with E-state index in [4.69, 9.17) is 5.73 Å². The number of hydrogen-bond acceptors (Lipinski definition) is 3. The molecule has 0 atom stereocenters. The summed E-state index contributed by atoms with van der Waals surface area (Å²) in [5.74, 6) is 0.167. The Hall–Kier alpha value is -0.610. The molecule has 0 bridgehead atoms. The number of nitrogens with one attached hydrogen (secondary N) is 1. The van der Waals surface area contributed by atoms with Gasteiger partial charge in [-0.2, -0.15) is 0 Å². The molecule has 4 heteroatoms. The van der Waals surface area contributed by atoms with Crippen LogP contribution in [0.4, 0.5) is 0 Å². The number of likely N-dealkylation sites (N-methyl/N-ethyl adjacent to an activating group) is 1. The summed E-state index contributed by atoms with van der Waals surface area (Å²) in [5, 5.41) is 2.97.